The van der Waals surface area contributed by atoms with Crippen LogP contribution in [0.25, 0.3) is 0 Å². The highest BCUT2D eigenvalue weighted by atomic mass is 16.3. The van der Waals surface area contributed by atoms with Crippen LogP contribution in [-0.2, 0) is 4.79 Å². The summed E-state index contributed by atoms with van der Waals surface area (Å²) in [5, 5.41) is 16.2. The maximum Gasteiger partial charge on any atom is 0.230 e. The van der Waals surface area contributed by atoms with E-state index >= 15 is 0 Å². The zero-order valence-electron chi connectivity index (χ0n) is 13.0. The molecule has 1 aromatic rings. The molecule has 0 bridgehead atoms. The lowest BCUT2D eigenvalue weighted by atomic mass is 9.74. The van der Waals surface area contributed by atoms with E-state index in [9.17, 15) is 9.90 Å². The van der Waals surface area contributed by atoms with E-state index in [0.717, 1.165) is 50.0 Å². The number of amides is 1. The number of anilines is 1. The third kappa shape index (κ3) is 3.63. The Morgan fingerprint density at radius 3 is 2.67 bits per heavy atom. The molecule has 1 fully saturated rings. The summed E-state index contributed by atoms with van der Waals surface area (Å²) in [5.41, 5.74) is 1.23. The van der Waals surface area contributed by atoms with Crippen LogP contribution in [-0.4, -0.2) is 24.1 Å². The van der Waals surface area contributed by atoms with Crippen molar-refractivity contribution in [2.75, 3.05) is 18.4 Å². The average molecular weight is 290 g/mol. The molecule has 1 heterocycles. The molecule has 116 valence electrons. The molecule has 4 nitrogen and oxygen atoms in total. The fraction of sp³-hybridized carbons (Fsp3) is 0.588. The van der Waals surface area contributed by atoms with Gasteiger partial charge in [-0.1, -0.05) is 31.5 Å². The second kappa shape index (κ2) is 7.05. The lowest BCUT2D eigenvalue weighted by Gasteiger charge is -2.36. The van der Waals surface area contributed by atoms with Crippen molar-refractivity contribution >= 4 is 11.6 Å². The molecule has 0 radical (unpaired) electrons. The number of carbonyl (C=O) groups is 1. The van der Waals surface area contributed by atoms with E-state index in [1.807, 2.05) is 24.3 Å². The largest absolute Gasteiger partial charge is 0.389 e. The topological polar surface area (TPSA) is 61.4 Å². The van der Waals surface area contributed by atoms with Crippen molar-refractivity contribution in [3.63, 3.8) is 0 Å². The maximum atomic E-state index is 12.8. The zero-order chi connectivity index (χ0) is 15.3. The number of aliphatic hydroxyl groups excluding tert-OH is 1. The van der Waals surface area contributed by atoms with Crippen molar-refractivity contribution < 1.29 is 9.90 Å². The average Bonchev–Trinajstić information content (AvgIpc) is 2.49. The summed E-state index contributed by atoms with van der Waals surface area (Å²) in [4.78, 5) is 12.8. The van der Waals surface area contributed by atoms with Crippen molar-refractivity contribution in [3.05, 3.63) is 29.8 Å². The summed E-state index contributed by atoms with van der Waals surface area (Å²) in [6, 6.07) is 7.48. The molecule has 1 aliphatic rings. The normalized spacial score (nSPS) is 19.0. The zero-order valence-corrected chi connectivity index (χ0v) is 13.0. The van der Waals surface area contributed by atoms with Crippen molar-refractivity contribution in [3.8, 4) is 0 Å². The Morgan fingerprint density at radius 2 is 2.05 bits per heavy atom. The third-order valence-corrected chi connectivity index (χ3v) is 4.43. The Bertz CT molecular complexity index is 474. The molecule has 0 aliphatic carbocycles. The molecular formula is C17H26N2O2. The first kappa shape index (κ1) is 16.0. The van der Waals surface area contributed by atoms with Gasteiger partial charge < -0.3 is 15.7 Å². The molecule has 1 unspecified atom stereocenters. The Balaban J connectivity index is 2.19. The fourth-order valence-electron chi connectivity index (χ4n) is 3.20. The number of piperidine rings is 1. The Labute approximate surface area is 126 Å². The van der Waals surface area contributed by atoms with E-state index < -0.39 is 6.10 Å². The molecule has 0 spiro atoms. The number of carbonyl (C=O) groups excluding carboxylic acids is 1. The van der Waals surface area contributed by atoms with Crippen molar-refractivity contribution in [1.29, 1.82) is 0 Å². The number of para-hydroxylation sites is 1. The Hall–Kier alpha value is -1.39. The van der Waals surface area contributed by atoms with Gasteiger partial charge in [0, 0.05) is 11.3 Å². The van der Waals surface area contributed by atoms with Crippen LogP contribution >= 0.6 is 0 Å². The van der Waals surface area contributed by atoms with Crippen LogP contribution in [0.4, 0.5) is 5.69 Å². The molecule has 21 heavy (non-hydrogen) atoms. The van der Waals surface area contributed by atoms with Gasteiger partial charge in [-0.15, -0.1) is 0 Å². The lowest BCUT2D eigenvalue weighted by Crippen LogP contribution is -2.45. The molecule has 2 rings (SSSR count). The number of benzene rings is 1. The van der Waals surface area contributed by atoms with Crippen LogP contribution < -0.4 is 10.6 Å². The highest BCUT2D eigenvalue weighted by Crippen LogP contribution is 2.36. The SMILES string of the molecule is CCCC1(C(=O)Nc2ccccc2C(C)O)CCNCC1. The van der Waals surface area contributed by atoms with E-state index in [1.165, 1.54) is 0 Å². The van der Waals surface area contributed by atoms with Gasteiger partial charge in [0.1, 0.15) is 0 Å². The van der Waals surface area contributed by atoms with Crippen molar-refractivity contribution in [2.45, 2.75) is 45.6 Å². The van der Waals surface area contributed by atoms with Crippen molar-refractivity contribution in [2.24, 2.45) is 5.41 Å². The lowest BCUT2D eigenvalue weighted by molar-refractivity contribution is -0.127. The van der Waals surface area contributed by atoms with Crippen LogP contribution in [0.2, 0.25) is 0 Å². The standard InChI is InChI=1S/C17H26N2O2/c1-3-8-17(9-11-18-12-10-17)16(21)19-15-7-5-4-6-14(15)13(2)20/h4-7,13,18,20H,3,8-12H2,1-2H3,(H,19,21). The monoisotopic (exact) mass is 290 g/mol. The molecule has 1 saturated heterocycles. The molecule has 0 aromatic heterocycles. The highest BCUT2D eigenvalue weighted by molar-refractivity contribution is 5.96. The van der Waals surface area contributed by atoms with E-state index in [1.54, 1.807) is 6.92 Å². The first-order chi connectivity index (χ1) is 10.1. The van der Waals surface area contributed by atoms with Crippen LogP contribution in [0.1, 0.15) is 51.2 Å². The van der Waals surface area contributed by atoms with Gasteiger partial charge in [0.15, 0.2) is 0 Å². The minimum absolute atomic E-state index is 0.0963. The van der Waals surface area contributed by atoms with Gasteiger partial charge in [0.05, 0.1) is 11.5 Å². The number of hydrogen-bond acceptors (Lipinski definition) is 3. The number of aliphatic hydroxyl groups is 1. The summed E-state index contributed by atoms with van der Waals surface area (Å²) in [6.45, 7) is 5.63. The van der Waals surface area contributed by atoms with Crippen LogP contribution in [0.3, 0.4) is 0 Å². The molecule has 1 amide bonds. The summed E-state index contributed by atoms with van der Waals surface area (Å²) < 4.78 is 0. The molecular weight excluding hydrogens is 264 g/mol. The first-order valence-corrected chi connectivity index (χ1v) is 7.88. The summed E-state index contributed by atoms with van der Waals surface area (Å²) >= 11 is 0. The van der Waals surface area contributed by atoms with E-state index in [0.29, 0.717) is 0 Å². The third-order valence-electron chi connectivity index (χ3n) is 4.43. The van der Waals surface area contributed by atoms with E-state index in [-0.39, 0.29) is 11.3 Å². The van der Waals surface area contributed by atoms with Crippen molar-refractivity contribution in [1.82, 2.24) is 5.32 Å². The number of nitrogens with one attached hydrogen (secondary N) is 2. The van der Waals surface area contributed by atoms with Gasteiger partial charge in [-0.05, 0) is 45.3 Å². The Morgan fingerprint density at radius 1 is 1.38 bits per heavy atom. The molecule has 1 atom stereocenters. The molecule has 3 N–H and O–H groups in total. The number of hydrogen-bond donors (Lipinski definition) is 3. The fourth-order valence-corrected chi connectivity index (χ4v) is 3.20. The van der Waals surface area contributed by atoms with Gasteiger partial charge >= 0.3 is 0 Å². The summed E-state index contributed by atoms with van der Waals surface area (Å²) in [5.74, 6) is 0.0963. The van der Waals surface area contributed by atoms with Gasteiger partial charge in [0.2, 0.25) is 5.91 Å². The second-order valence-electron chi connectivity index (χ2n) is 6.00. The smallest absolute Gasteiger partial charge is 0.230 e. The number of rotatable bonds is 5. The predicted octanol–water partition coefficient (Wildman–Crippen LogP) is 2.85. The maximum absolute atomic E-state index is 12.8. The van der Waals surface area contributed by atoms with E-state index in [2.05, 4.69) is 17.6 Å². The minimum atomic E-state index is -0.586. The molecule has 1 aliphatic heterocycles. The van der Waals surface area contributed by atoms with E-state index in [4.69, 9.17) is 0 Å². The summed E-state index contributed by atoms with van der Waals surface area (Å²) in [6.07, 6.45) is 3.09. The second-order valence-corrected chi connectivity index (χ2v) is 6.00. The molecule has 1 aromatic carbocycles. The van der Waals surface area contributed by atoms with Gasteiger partial charge in [-0.3, -0.25) is 4.79 Å². The first-order valence-electron chi connectivity index (χ1n) is 7.88. The van der Waals surface area contributed by atoms with Crippen LogP contribution in [0.5, 0.6) is 0 Å². The Kier molecular flexibility index (Phi) is 5.37. The quantitative estimate of drug-likeness (QED) is 0.781. The van der Waals surface area contributed by atoms with Gasteiger partial charge in [-0.25, -0.2) is 0 Å². The highest BCUT2D eigenvalue weighted by Gasteiger charge is 2.38. The van der Waals surface area contributed by atoms with Gasteiger partial charge in [0.25, 0.3) is 0 Å². The summed E-state index contributed by atoms with van der Waals surface area (Å²) in [7, 11) is 0. The predicted molar refractivity (Wildman–Crippen MR) is 85.2 cm³/mol. The van der Waals surface area contributed by atoms with Crippen LogP contribution in [0.15, 0.2) is 24.3 Å². The van der Waals surface area contributed by atoms with Crippen LogP contribution in [0, 0.1) is 5.41 Å². The minimum Gasteiger partial charge on any atom is -0.389 e. The van der Waals surface area contributed by atoms with Gasteiger partial charge in [-0.2, -0.15) is 0 Å². The molecule has 4 heteroatoms. The molecule has 0 saturated carbocycles.